The van der Waals surface area contributed by atoms with Gasteiger partial charge in [-0.2, -0.15) is 13.2 Å². The molecule has 1 fully saturated rings. The number of hydrogen-bond donors (Lipinski definition) is 2. The number of nitrogens with one attached hydrogen (secondary N) is 2. The van der Waals surface area contributed by atoms with Gasteiger partial charge in [0.25, 0.3) is 5.91 Å². The molecule has 1 amide bonds. The fraction of sp³-hybridized carbons (Fsp3) is 0.350. The Kier molecular flexibility index (Phi) is 7.13. The van der Waals surface area contributed by atoms with Gasteiger partial charge in [0.1, 0.15) is 5.75 Å². The maximum atomic E-state index is 12.7. The maximum Gasteiger partial charge on any atom is 0.416 e. The molecule has 1 aliphatic carbocycles. The van der Waals surface area contributed by atoms with Crippen LogP contribution in [0.25, 0.3) is 0 Å². The van der Waals surface area contributed by atoms with Crippen molar-refractivity contribution in [2.75, 3.05) is 11.9 Å². The Bertz CT molecular complexity index is 1050. The number of hydrogen-bond acceptors (Lipinski definition) is 4. The zero-order chi connectivity index (χ0) is 22.6. The summed E-state index contributed by atoms with van der Waals surface area (Å²) in [5.41, 5.74) is -0.925. The minimum absolute atomic E-state index is 0.0128. The Morgan fingerprint density at radius 3 is 2.48 bits per heavy atom. The summed E-state index contributed by atoms with van der Waals surface area (Å²) in [6.07, 6.45) is -1.00. The lowest BCUT2D eigenvalue weighted by molar-refractivity contribution is -0.137. The molecule has 2 aromatic rings. The highest BCUT2D eigenvalue weighted by molar-refractivity contribution is 7.89. The monoisotopic (exact) mass is 476 g/mol. The molecule has 0 radical (unpaired) electrons. The summed E-state index contributed by atoms with van der Waals surface area (Å²) in [6, 6.07) is 7.95. The van der Waals surface area contributed by atoms with E-state index < -0.39 is 34.3 Å². The summed E-state index contributed by atoms with van der Waals surface area (Å²) in [5, 5.41) is 2.29. The van der Waals surface area contributed by atoms with Crippen molar-refractivity contribution in [2.24, 2.45) is 0 Å². The van der Waals surface area contributed by atoms with Gasteiger partial charge in [-0.3, -0.25) is 4.79 Å². The molecule has 0 unspecified atom stereocenters. The van der Waals surface area contributed by atoms with E-state index in [1.165, 1.54) is 30.3 Å². The third kappa shape index (κ3) is 6.34. The molecule has 0 heterocycles. The van der Waals surface area contributed by atoms with E-state index in [1.54, 1.807) is 0 Å². The number of amides is 1. The van der Waals surface area contributed by atoms with E-state index >= 15 is 0 Å². The summed E-state index contributed by atoms with van der Waals surface area (Å²) in [5.74, 6) is -0.629. The molecule has 0 aliphatic heterocycles. The molecule has 0 saturated heterocycles. The number of anilines is 1. The second-order valence-electron chi connectivity index (χ2n) is 7.11. The average molecular weight is 477 g/mol. The molecule has 6 nitrogen and oxygen atoms in total. The molecule has 2 N–H and O–H groups in total. The number of benzene rings is 2. The number of ether oxygens (including phenoxy) is 1. The molecule has 3 rings (SSSR count). The molecule has 168 valence electrons. The van der Waals surface area contributed by atoms with Crippen molar-refractivity contribution < 1.29 is 31.1 Å². The lowest BCUT2D eigenvalue weighted by atomic mass is 10.2. The van der Waals surface area contributed by atoms with Gasteiger partial charge in [-0.15, -0.1) is 0 Å². The molecule has 0 atom stereocenters. The van der Waals surface area contributed by atoms with Crippen LogP contribution in [0.5, 0.6) is 5.75 Å². The number of carbonyl (C=O) groups is 1. The number of alkyl halides is 3. The third-order valence-corrected chi connectivity index (χ3v) is 6.54. The highest BCUT2D eigenvalue weighted by atomic mass is 35.5. The van der Waals surface area contributed by atoms with Gasteiger partial charge < -0.3 is 10.1 Å². The smallest absolute Gasteiger partial charge is 0.416 e. The van der Waals surface area contributed by atoms with Crippen LogP contribution in [0.4, 0.5) is 18.9 Å². The van der Waals surface area contributed by atoms with Crippen LogP contribution in [0.1, 0.15) is 31.2 Å². The van der Waals surface area contributed by atoms with Gasteiger partial charge in [0, 0.05) is 11.7 Å². The van der Waals surface area contributed by atoms with Crippen molar-refractivity contribution in [2.45, 2.75) is 42.8 Å². The predicted molar refractivity (Wildman–Crippen MR) is 110 cm³/mol. The summed E-state index contributed by atoms with van der Waals surface area (Å²) in [6.45, 7) is -0.525. The first-order valence-electron chi connectivity index (χ1n) is 9.46. The van der Waals surface area contributed by atoms with Crippen molar-refractivity contribution in [1.82, 2.24) is 4.72 Å². The lowest BCUT2D eigenvalue weighted by Gasteiger charge is -2.14. The second kappa shape index (κ2) is 9.46. The van der Waals surface area contributed by atoms with Gasteiger partial charge in [0.15, 0.2) is 6.61 Å². The Morgan fingerprint density at radius 1 is 1.13 bits per heavy atom. The van der Waals surface area contributed by atoms with Crippen LogP contribution >= 0.6 is 11.6 Å². The molecular formula is C20H20ClF3N2O4S. The first kappa shape index (κ1) is 23.4. The zero-order valence-corrected chi connectivity index (χ0v) is 17.8. The Morgan fingerprint density at radius 2 is 1.84 bits per heavy atom. The number of sulfonamides is 1. The van der Waals surface area contributed by atoms with Gasteiger partial charge in [-0.05, 0) is 49.2 Å². The Labute approximate surface area is 182 Å². The van der Waals surface area contributed by atoms with Gasteiger partial charge in [-0.25, -0.2) is 13.1 Å². The number of halogens is 4. The van der Waals surface area contributed by atoms with Crippen molar-refractivity contribution in [1.29, 1.82) is 0 Å². The van der Waals surface area contributed by atoms with E-state index in [9.17, 15) is 26.4 Å². The molecule has 0 aromatic heterocycles. The van der Waals surface area contributed by atoms with E-state index in [4.69, 9.17) is 16.3 Å². The SMILES string of the molecule is O=C(COc1ccc(S(=O)(=O)NC2CCCC2)cc1Cl)Nc1cccc(C(F)(F)F)c1. The Balaban J connectivity index is 1.60. The average Bonchev–Trinajstić information content (AvgIpc) is 3.19. The van der Waals surface area contributed by atoms with Gasteiger partial charge in [0.05, 0.1) is 15.5 Å². The van der Waals surface area contributed by atoms with E-state index in [0.29, 0.717) is 0 Å². The first-order chi connectivity index (χ1) is 14.5. The highest BCUT2D eigenvalue weighted by Crippen LogP contribution is 2.31. The maximum absolute atomic E-state index is 12.7. The minimum atomic E-state index is -4.53. The highest BCUT2D eigenvalue weighted by Gasteiger charge is 2.30. The first-order valence-corrected chi connectivity index (χ1v) is 11.3. The summed E-state index contributed by atoms with van der Waals surface area (Å²) >= 11 is 6.09. The molecule has 1 aliphatic rings. The largest absolute Gasteiger partial charge is 0.482 e. The fourth-order valence-corrected chi connectivity index (χ4v) is 4.84. The molecule has 1 saturated carbocycles. The van der Waals surface area contributed by atoms with Crippen LogP contribution in [-0.2, 0) is 21.0 Å². The van der Waals surface area contributed by atoms with E-state index in [0.717, 1.165) is 37.8 Å². The van der Waals surface area contributed by atoms with Crippen molar-refractivity contribution >= 4 is 33.2 Å². The molecule has 0 bridgehead atoms. The number of carbonyl (C=O) groups excluding carboxylic acids is 1. The summed E-state index contributed by atoms with van der Waals surface area (Å²) < 4.78 is 71.1. The van der Waals surface area contributed by atoms with Crippen molar-refractivity contribution in [3.8, 4) is 5.75 Å². The summed E-state index contributed by atoms with van der Waals surface area (Å²) in [4.78, 5) is 12.0. The fourth-order valence-electron chi connectivity index (χ4n) is 3.21. The van der Waals surface area contributed by atoms with E-state index in [2.05, 4.69) is 10.0 Å². The van der Waals surface area contributed by atoms with Crippen molar-refractivity contribution in [3.05, 3.63) is 53.1 Å². The van der Waals surface area contributed by atoms with Crippen LogP contribution in [0.3, 0.4) is 0 Å². The lowest BCUT2D eigenvalue weighted by Crippen LogP contribution is -2.32. The predicted octanol–water partition coefficient (Wildman–Crippen LogP) is 4.60. The normalized spacial score (nSPS) is 15.1. The minimum Gasteiger partial charge on any atom is -0.482 e. The van der Waals surface area contributed by atoms with Crippen LogP contribution in [-0.4, -0.2) is 27.0 Å². The third-order valence-electron chi connectivity index (χ3n) is 4.72. The molecular weight excluding hydrogens is 457 g/mol. The molecule has 0 spiro atoms. The van der Waals surface area contributed by atoms with Crippen LogP contribution < -0.4 is 14.8 Å². The second-order valence-corrected chi connectivity index (χ2v) is 9.23. The Hall–Kier alpha value is -2.30. The summed E-state index contributed by atoms with van der Waals surface area (Å²) in [7, 11) is -3.73. The number of rotatable bonds is 7. The van der Waals surface area contributed by atoms with Crippen LogP contribution in [0, 0.1) is 0 Å². The van der Waals surface area contributed by atoms with Crippen LogP contribution in [0.15, 0.2) is 47.4 Å². The zero-order valence-electron chi connectivity index (χ0n) is 16.2. The molecule has 31 heavy (non-hydrogen) atoms. The molecule has 2 aromatic carbocycles. The van der Waals surface area contributed by atoms with Gasteiger partial charge in [0.2, 0.25) is 10.0 Å². The quantitative estimate of drug-likeness (QED) is 0.611. The van der Waals surface area contributed by atoms with E-state index in [1.807, 2.05) is 0 Å². The van der Waals surface area contributed by atoms with Crippen LogP contribution in [0.2, 0.25) is 5.02 Å². The molecule has 11 heteroatoms. The van der Waals surface area contributed by atoms with Gasteiger partial charge in [-0.1, -0.05) is 30.5 Å². The topological polar surface area (TPSA) is 84.5 Å². The van der Waals surface area contributed by atoms with Crippen molar-refractivity contribution in [3.63, 3.8) is 0 Å². The standard InChI is InChI=1S/C20H20ClF3N2O4S/c21-17-11-16(31(28,29)26-14-5-1-2-6-14)8-9-18(17)30-12-19(27)25-15-7-3-4-13(10-15)20(22,23)24/h3-4,7-11,14,26H,1-2,5-6,12H2,(H,25,27). The van der Waals surface area contributed by atoms with E-state index in [-0.39, 0.29) is 27.4 Å². The van der Waals surface area contributed by atoms with Gasteiger partial charge >= 0.3 is 6.18 Å².